The molecule has 1 saturated heterocycles. The number of benzene rings is 2. The number of hydrogen-bond donors (Lipinski definition) is 1. The number of carbonyl (C=O) groups is 1. The molecule has 152 valence electrons. The van der Waals surface area contributed by atoms with E-state index in [1.807, 2.05) is 48.5 Å². The molecule has 3 aromatic rings. The highest BCUT2D eigenvalue weighted by Gasteiger charge is 2.40. The molecule has 2 atom stereocenters. The lowest BCUT2D eigenvalue weighted by molar-refractivity contribution is -0.135. The number of halogens is 1. The maximum Gasteiger partial charge on any atom is 0.251 e. The summed E-state index contributed by atoms with van der Waals surface area (Å²) in [7, 11) is 0. The smallest absolute Gasteiger partial charge is 0.251 e. The molecule has 0 saturated carbocycles. The van der Waals surface area contributed by atoms with Crippen LogP contribution in [-0.4, -0.2) is 26.8 Å². The molecule has 6 nitrogen and oxygen atoms in total. The predicted molar refractivity (Wildman–Crippen MR) is 109 cm³/mol. The zero-order chi connectivity index (χ0) is 20.7. The minimum absolute atomic E-state index is 0.00160. The number of amides is 1. The standard InChI is InChI=1S/C23H21FN4O2/c1-15-20(25-22(30-15)17-5-3-2-4-6-17)14-27-11-12-28-21(23(27)29)13-19(26-28)16-7-9-18(24)10-8-16/h2-12,19,21,26H,13-14H2,1H3. The molecule has 30 heavy (non-hydrogen) atoms. The number of fused-ring (bicyclic) bond motifs is 1. The molecule has 1 amide bonds. The fourth-order valence-corrected chi connectivity index (χ4v) is 3.92. The number of aromatic nitrogens is 1. The van der Waals surface area contributed by atoms with Crippen molar-refractivity contribution in [3.8, 4) is 11.5 Å². The maximum absolute atomic E-state index is 13.2. The topological polar surface area (TPSA) is 61.6 Å². The Morgan fingerprint density at radius 2 is 1.90 bits per heavy atom. The van der Waals surface area contributed by atoms with Gasteiger partial charge in [-0.1, -0.05) is 30.3 Å². The Hall–Kier alpha value is -3.45. The van der Waals surface area contributed by atoms with Crippen molar-refractivity contribution < 1.29 is 13.6 Å². The summed E-state index contributed by atoms with van der Waals surface area (Å²) in [5, 5.41) is 1.83. The molecule has 2 unspecified atom stereocenters. The van der Waals surface area contributed by atoms with Crippen LogP contribution in [0.5, 0.6) is 0 Å². The zero-order valence-corrected chi connectivity index (χ0v) is 16.5. The van der Waals surface area contributed by atoms with E-state index in [4.69, 9.17) is 4.42 Å². The van der Waals surface area contributed by atoms with E-state index in [-0.39, 0.29) is 23.8 Å². The maximum atomic E-state index is 13.2. The minimum Gasteiger partial charge on any atom is -0.441 e. The van der Waals surface area contributed by atoms with Crippen LogP contribution in [0.15, 0.2) is 71.4 Å². The van der Waals surface area contributed by atoms with E-state index in [0.29, 0.717) is 24.6 Å². The first kappa shape index (κ1) is 18.6. The van der Waals surface area contributed by atoms with Crippen LogP contribution in [0.1, 0.15) is 29.5 Å². The largest absolute Gasteiger partial charge is 0.441 e. The number of nitrogens with zero attached hydrogens (tertiary/aromatic N) is 3. The molecule has 5 rings (SSSR count). The molecule has 2 aromatic carbocycles. The second-order valence-electron chi connectivity index (χ2n) is 7.54. The summed E-state index contributed by atoms with van der Waals surface area (Å²) in [5.41, 5.74) is 5.92. The van der Waals surface area contributed by atoms with E-state index in [0.717, 1.165) is 16.8 Å². The number of hydrazine groups is 1. The van der Waals surface area contributed by atoms with Gasteiger partial charge in [-0.15, -0.1) is 0 Å². The second kappa shape index (κ2) is 7.42. The first-order valence-corrected chi connectivity index (χ1v) is 9.89. The van der Waals surface area contributed by atoms with Crippen LogP contribution in [-0.2, 0) is 11.3 Å². The van der Waals surface area contributed by atoms with Crippen molar-refractivity contribution in [2.75, 3.05) is 0 Å². The number of carbonyl (C=O) groups excluding carboxylic acids is 1. The van der Waals surface area contributed by atoms with Crippen LogP contribution in [0.4, 0.5) is 4.39 Å². The van der Waals surface area contributed by atoms with Crippen molar-refractivity contribution in [2.24, 2.45) is 0 Å². The molecule has 2 aliphatic heterocycles. The van der Waals surface area contributed by atoms with E-state index in [2.05, 4.69) is 10.4 Å². The summed E-state index contributed by atoms with van der Waals surface area (Å²) in [6.07, 6.45) is 4.23. The average Bonchev–Trinajstić information content (AvgIpc) is 3.36. The molecule has 3 heterocycles. The molecule has 2 aliphatic rings. The zero-order valence-electron chi connectivity index (χ0n) is 16.5. The Bertz CT molecular complexity index is 1090. The third-order valence-corrected chi connectivity index (χ3v) is 5.58. The monoisotopic (exact) mass is 404 g/mol. The Morgan fingerprint density at radius 3 is 2.67 bits per heavy atom. The van der Waals surface area contributed by atoms with Crippen molar-refractivity contribution in [3.63, 3.8) is 0 Å². The van der Waals surface area contributed by atoms with Crippen molar-refractivity contribution in [2.45, 2.75) is 32.0 Å². The first-order valence-electron chi connectivity index (χ1n) is 9.89. The number of rotatable bonds is 4. The number of hydrogen-bond acceptors (Lipinski definition) is 5. The third kappa shape index (κ3) is 3.37. The highest BCUT2D eigenvalue weighted by atomic mass is 19.1. The molecule has 1 N–H and O–H groups in total. The van der Waals surface area contributed by atoms with Gasteiger partial charge >= 0.3 is 0 Å². The molecule has 0 aliphatic carbocycles. The van der Waals surface area contributed by atoms with Gasteiger partial charge in [0.2, 0.25) is 5.89 Å². The minimum atomic E-state index is -0.314. The van der Waals surface area contributed by atoms with Gasteiger partial charge in [0.15, 0.2) is 0 Å². The number of oxazole rings is 1. The quantitative estimate of drug-likeness (QED) is 0.714. The van der Waals surface area contributed by atoms with Gasteiger partial charge in [0.1, 0.15) is 23.3 Å². The molecule has 0 spiro atoms. The fraction of sp³-hybridized carbons (Fsp3) is 0.217. The predicted octanol–water partition coefficient (Wildman–Crippen LogP) is 3.92. The Kier molecular flexibility index (Phi) is 4.59. The Morgan fingerprint density at radius 1 is 1.13 bits per heavy atom. The summed E-state index contributed by atoms with van der Waals surface area (Å²) >= 11 is 0. The molecule has 1 fully saturated rings. The molecular weight excluding hydrogens is 383 g/mol. The lowest BCUT2D eigenvalue weighted by atomic mass is 10.0. The molecule has 0 bridgehead atoms. The highest BCUT2D eigenvalue weighted by molar-refractivity contribution is 5.84. The van der Waals surface area contributed by atoms with Crippen LogP contribution in [0.2, 0.25) is 0 Å². The van der Waals surface area contributed by atoms with Gasteiger partial charge in [0, 0.05) is 18.0 Å². The first-order chi connectivity index (χ1) is 14.6. The lowest BCUT2D eigenvalue weighted by Crippen LogP contribution is -2.47. The van der Waals surface area contributed by atoms with E-state index >= 15 is 0 Å². The van der Waals surface area contributed by atoms with Crippen molar-refractivity contribution in [1.29, 1.82) is 0 Å². The molecule has 1 aromatic heterocycles. The summed E-state index contributed by atoms with van der Waals surface area (Å²) in [6.45, 7) is 2.21. The fourth-order valence-electron chi connectivity index (χ4n) is 3.92. The second-order valence-corrected chi connectivity index (χ2v) is 7.54. The SMILES string of the molecule is Cc1oc(-c2ccccc2)nc1CN1C=CN2NC(c3ccc(F)cc3)CC2C1=O. The van der Waals surface area contributed by atoms with E-state index < -0.39 is 0 Å². The van der Waals surface area contributed by atoms with Crippen molar-refractivity contribution >= 4 is 5.91 Å². The summed E-state index contributed by atoms with van der Waals surface area (Å²) in [6, 6.07) is 15.7. The summed E-state index contributed by atoms with van der Waals surface area (Å²) < 4.78 is 19.0. The lowest BCUT2D eigenvalue weighted by Gasteiger charge is -2.31. The van der Waals surface area contributed by atoms with Gasteiger partial charge < -0.3 is 14.3 Å². The van der Waals surface area contributed by atoms with E-state index in [1.165, 1.54) is 12.1 Å². The van der Waals surface area contributed by atoms with Crippen LogP contribution in [0.25, 0.3) is 11.5 Å². The molecule has 0 radical (unpaired) electrons. The van der Waals surface area contributed by atoms with Crippen molar-refractivity contribution in [3.05, 3.63) is 89.8 Å². The van der Waals surface area contributed by atoms with Gasteiger partial charge in [-0.2, -0.15) is 0 Å². The Labute approximate surface area is 173 Å². The van der Waals surface area contributed by atoms with Crippen molar-refractivity contribution in [1.82, 2.24) is 20.3 Å². The normalized spacial score (nSPS) is 20.7. The van der Waals surface area contributed by atoms with Crippen LogP contribution in [0.3, 0.4) is 0 Å². The van der Waals surface area contributed by atoms with Gasteiger partial charge in [-0.25, -0.2) is 14.8 Å². The number of nitrogens with one attached hydrogen (secondary N) is 1. The average molecular weight is 404 g/mol. The third-order valence-electron chi connectivity index (χ3n) is 5.58. The van der Waals surface area contributed by atoms with E-state index in [9.17, 15) is 9.18 Å². The Balaban J connectivity index is 1.31. The van der Waals surface area contributed by atoms with Crippen LogP contribution >= 0.6 is 0 Å². The molecular formula is C23H21FN4O2. The van der Waals surface area contributed by atoms with Gasteiger partial charge in [-0.3, -0.25) is 4.79 Å². The summed E-state index contributed by atoms with van der Waals surface area (Å²) in [4.78, 5) is 19.4. The van der Waals surface area contributed by atoms with Gasteiger partial charge in [0.25, 0.3) is 5.91 Å². The van der Waals surface area contributed by atoms with Gasteiger partial charge in [0.05, 0.1) is 12.6 Å². The van der Waals surface area contributed by atoms with Crippen LogP contribution in [0, 0.1) is 12.7 Å². The molecule has 7 heteroatoms. The van der Waals surface area contributed by atoms with Gasteiger partial charge in [-0.05, 0) is 43.2 Å². The number of aryl methyl sites for hydroxylation is 1. The summed E-state index contributed by atoms with van der Waals surface area (Å²) in [5.74, 6) is 0.982. The van der Waals surface area contributed by atoms with Crippen LogP contribution < -0.4 is 5.43 Å². The highest BCUT2D eigenvalue weighted by Crippen LogP contribution is 2.31. The van der Waals surface area contributed by atoms with E-state index in [1.54, 1.807) is 23.2 Å².